The lowest BCUT2D eigenvalue weighted by atomic mass is 10.2. The zero-order chi connectivity index (χ0) is 15.9. The number of rotatable bonds is 7. The van der Waals surface area contributed by atoms with Gasteiger partial charge in [-0.25, -0.2) is 0 Å². The average Bonchev–Trinajstić information content (AvgIpc) is 2.47. The third kappa shape index (κ3) is 5.02. The molecule has 0 aromatic heterocycles. The van der Waals surface area contributed by atoms with Crippen molar-refractivity contribution in [3.8, 4) is 0 Å². The van der Waals surface area contributed by atoms with E-state index < -0.39 is 0 Å². The van der Waals surface area contributed by atoms with Crippen LogP contribution in [-0.4, -0.2) is 13.2 Å². The van der Waals surface area contributed by atoms with Crippen LogP contribution in [0.2, 0.25) is 20.1 Å². The van der Waals surface area contributed by atoms with Gasteiger partial charge in [0, 0.05) is 31.2 Å². The van der Waals surface area contributed by atoms with Gasteiger partial charge in [-0.1, -0.05) is 58.5 Å². The van der Waals surface area contributed by atoms with Crippen LogP contribution in [0.3, 0.4) is 0 Å². The lowest BCUT2D eigenvalue weighted by molar-refractivity contribution is 0.0340. The SMILES string of the molecule is Clc1cccc(Cl)c1COCCOCc1c(Cl)cccc1Cl. The van der Waals surface area contributed by atoms with Gasteiger partial charge in [-0.2, -0.15) is 0 Å². The molecule has 0 bridgehead atoms. The summed E-state index contributed by atoms with van der Waals surface area (Å²) in [4.78, 5) is 0. The van der Waals surface area contributed by atoms with Gasteiger partial charge in [-0.05, 0) is 24.3 Å². The molecule has 0 saturated heterocycles. The molecule has 0 aliphatic carbocycles. The predicted octanol–water partition coefficient (Wildman–Crippen LogP) is 6.03. The van der Waals surface area contributed by atoms with Gasteiger partial charge in [0.2, 0.25) is 0 Å². The second-order valence-electron chi connectivity index (χ2n) is 4.51. The Kier molecular flexibility index (Phi) is 7.29. The fraction of sp³-hybridized carbons (Fsp3) is 0.250. The molecule has 0 heterocycles. The van der Waals surface area contributed by atoms with Crippen molar-refractivity contribution in [2.24, 2.45) is 0 Å². The van der Waals surface area contributed by atoms with Crippen LogP contribution in [0.25, 0.3) is 0 Å². The van der Waals surface area contributed by atoms with Crippen molar-refractivity contribution in [2.75, 3.05) is 13.2 Å². The molecule has 0 spiro atoms. The smallest absolute Gasteiger partial charge is 0.0747 e. The highest BCUT2D eigenvalue weighted by atomic mass is 35.5. The largest absolute Gasteiger partial charge is 0.374 e. The first-order valence-corrected chi connectivity index (χ1v) is 8.12. The molecule has 0 amide bonds. The molecule has 118 valence electrons. The van der Waals surface area contributed by atoms with Crippen LogP contribution in [0.4, 0.5) is 0 Å². The fourth-order valence-corrected chi connectivity index (χ4v) is 2.82. The number of halogens is 4. The highest BCUT2D eigenvalue weighted by Crippen LogP contribution is 2.26. The molecule has 0 N–H and O–H groups in total. The molecule has 2 rings (SSSR count). The van der Waals surface area contributed by atoms with E-state index in [4.69, 9.17) is 55.9 Å². The van der Waals surface area contributed by atoms with Crippen LogP contribution in [0.15, 0.2) is 36.4 Å². The molecule has 0 fully saturated rings. The minimum Gasteiger partial charge on any atom is -0.374 e. The van der Waals surface area contributed by atoms with Crippen molar-refractivity contribution in [3.05, 3.63) is 67.6 Å². The molecule has 0 unspecified atom stereocenters. The van der Waals surface area contributed by atoms with E-state index in [2.05, 4.69) is 0 Å². The maximum absolute atomic E-state index is 6.06. The maximum Gasteiger partial charge on any atom is 0.0747 e. The molecular weight excluding hydrogens is 366 g/mol. The van der Waals surface area contributed by atoms with Crippen LogP contribution in [0.1, 0.15) is 11.1 Å². The third-order valence-electron chi connectivity index (χ3n) is 2.99. The summed E-state index contributed by atoms with van der Waals surface area (Å²) in [7, 11) is 0. The Morgan fingerprint density at radius 3 is 1.23 bits per heavy atom. The Labute approximate surface area is 149 Å². The first-order chi connectivity index (χ1) is 10.6. The van der Waals surface area contributed by atoms with E-state index in [0.717, 1.165) is 11.1 Å². The number of hydrogen-bond donors (Lipinski definition) is 0. The normalized spacial score (nSPS) is 10.9. The summed E-state index contributed by atoms with van der Waals surface area (Å²) in [5.41, 5.74) is 1.56. The molecule has 2 aromatic rings. The molecule has 0 aliphatic rings. The number of hydrogen-bond acceptors (Lipinski definition) is 2. The van der Waals surface area contributed by atoms with Crippen molar-refractivity contribution < 1.29 is 9.47 Å². The van der Waals surface area contributed by atoms with E-state index in [0.29, 0.717) is 46.5 Å². The van der Waals surface area contributed by atoms with E-state index >= 15 is 0 Å². The summed E-state index contributed by atoms with van der Waals surface area (Å²) < 4.78 is 11.0. The fourth-order valence-electron chi connectivity index (χ4n) is 1.81. The summed E-state index contributed by atoms with van der Waals surface area (Å²) >= 11 is 24.2. The highest BCUT2D eigenvalue weighted by molar-refractivity contribution is 6.36. The molecule has 0 aliphatic heterocycles. The number of benzene rings is 2. The molecule has 0 radical (unpaired) electrons. The van der Waals surface area contributed by atoms with Crippen molar-refractivity contribution in [1.82, 2.24) is 0 Å². The maximum atomic E-state index is 6.06. The molecule has 0 atom stereocenters. The standard InChI is InChI=1S/C16H14Cl4O2/c17-13-3-1-4-14(18)11(13)9-21-7-8-22-10-12-15(19)5-2-6-16(12)20/h1-6H,7-10H2. The summed E-state index contributed by atoms with van der Waals surface area (Å²) in [6.45, 7) is 1.52. The van der Waals surface area contributed by atoms with Gasteiger partial charge in [0.15, 0.2) is 0 Å². The molecule has 22 heavy (non-hydrogen) atoms. The van der Waals surface area contributed by atoms with Gasteiger partial charge in [0.25, 0.3) is 0 Å². The summed E-state index contributed by atoms with van der Waals surface area (Å²) in [6.07, 6.45) is 0. The second kappa shape index (κ2) is 8.97. The number of ether oxygens (including phenoxy) is 2. The van der Waals surface area contributed by atoms with Crippen molar-refractivity contribution in [2.45, 2.75) is 13.2 Å². The Morgan fingerprint density at radius 2 is 0.909 bits per heavy atom. The topological polar surface area (TPSA) is 18.5 Å². The van der Waals surface area contributed by atoms with Gasteiger partial charge < -0.3 is 9.47 Å². The van der Waals surface area contributed by atoms with Crippen LogP contribution in [-0.2, 0) is 22.7 Å². The first kappa shape index (κ1) is 17.9. The van der Waals surface area contributed by atoms with Crippen molar-refractivity contribution in [1.29, 1.82) is 0 Å². The summed E-state index contributed by atoms with van der Waals surface area (Å²) in [5, 5.41) is 2.38. The Balaban J connectivity index is 1.72. The van der Waals surface area contributed by atoms with Crippen LogP contribution in [0, 0.1) is 0 Å². The van der Waals surface area contributed by atoms with Crippen LogP contribution in [0.5, 0.6) is 0 Å². The first-order valence-electron chi connectivity index (χ1n) is 6.61. The van der Waals surface area contributed by atoms with E-state index in [9.17, 15) is 0 Å². The van der Waals surface area contributed by atoms with E-state index in [-0.39, 0.29) is 0 Å². The third-order valence-corrected chi connectivity index (χ3v) is 4.40. The Morgan fingerprint density at radius 1 is 0.591 bits per heavy atom. The van der Waals surface area contributed by atoms with Gasteiger partial charge in [-0.15, -0.1) is 0 Å². The average molecular weight is 380 g/mol. The lowest BCUT2D eigenvalue weighted by Gasteiger charge is -2.10. The zero-order valence-electron chi connectivity index (χ0n) is 11.6. The van der Waals surface area contributed by atoms with Crippen LogP contribution < -0.4 is 0 Å². The molecule has 2 nitrogen and oxygen atoms in total. The lowest BCUT2D eigenvalue weighted by Crippen LogP contribution is -2.05. The van der Waals surface area contributed by atoms with Gasteiger partial charge >= 0.3 is 0 Å². The monoisotopic (exact) mass is 378 g/mol. The van der Waals surface area contributed by atoms with Gasteiger partial charge in [0.1, 0.15) is 0 Å². The van der Waals surface area contributed by atoms with Crippen molar-refractivity contribution in [3.63, 3.8) is 0 Å². The van der Waals surface area contributed by atoms with Crippen molar-refractivity contribution >= 4 is 46.4 Å². The van der Waals surface area contributed by atoms with Gasteiger partial charge in [0.05, 0.1) is 26.4 Å². The molecular formula is C16H14Cl4O2. The predicted molar refractivity (Wildman–Crippen MR) is 92.2 cm³/mol. The molecule has 6 heteroatoms. The molecule has 2 aromatic carbocycles. The summed E-state index contributed by atoms with van der Waals surface area (Å²) in [6, 6.07) is 10.7. The van der Waals surface area contributed by atoms with Crippen LogP contribution >= 0.6 is 46.4 Å². The summed E-state index contributed by atoms with van der Waals surface area (Å²) in [5.74, 6) is 0. The Hall–Kier alpha value is -0.480. The molecule has 0 saturated carbocycles. The minimum absolute atomic E-state index is 0.342. The minimum atomic E-state index is 0.342. The van der Waals surface area contributed by atoms with Gasteiger partial charge in [-0.3, -0.25) is 0 Å². The highest BCUT2D eigenvalue weighted by Gasteiger charge is 2.06. The van der Waals surface area contributed by atoms with E-state index in [1.54, 1.807) is 36.4 Å². The quantitative estimate of drug-likeness (QED) is 0.546. The second-order valence-corrected chi connectivity index (χ2v) is 6.13. The van der Waals surface area contributed by atoms with E-state index in [1.165, 1.54) is 0 Å². The zero-order valence-corrected chi connectivity index (χ0v) is 14.6. The van der Waals surface area contributed by atoms with E-state index in [1.807, 2.05) is 0 Å². The Bertz CT molecular complexity index is 536.